The minimum atomic E-state index is -3.57. The van der Waals surface area contributed by atoms with Crippen LogP contribution in [0.5, 0.6) is 0 Å². The lowest BCUT2D eigenvalue weighted by atomic mass is 10.1. The van der Waals surface area contributed by atoms with Crippen molar-refractivity contribution in [2.24, 2.45) is 0 Å². The summed E-state index contributed by atoms with van der Waals surface area (Å²) in [6.07, 6.45) is 0. The summed E-state index contributed by atoms with van der Waals surface area (Å²) in [5.41, 5.74) is 1.55. The molecule has 0 aliphatic rings. The molecular formula is C14H14BrNO3S. The molecule has 0 aliphatic heterocycles. The van der Waals surface area contributed by atoms with Crippen molar-refractivity contribution in [1.29, 1.82) is 0 Å². The standard InChI is InChI=1S/C14H14BrNO3S/c15-13-6-1-2-7-14(13)20(18,19)16-9-11-4-3-5-12(8-11)10-17/h1-8,16-17H,9-10H2. The van der Waals surface area contributed by atoms with Crippen molar-refractivity contribution >= 4 is 26.0 Å². The van der Waals surface area contributed by atoms with Crippen LogP contribution in [0.1, 0.15) is 11.1 Å². The fourth-order valence-electron chi connectivity index (χ4n) is 1.76. The van der Waals surface area contributed by atoms with Crippen LogP contribution in [0.4, 0.5) is 0 Å². The van der Waals surface area contributed by atoms with E-state index in [4.69, 9.17) is 5.11 Å². The maximum Gasteiger partial charge on any atom is 0.241 e. The molecular weight excluding hydrogens is 342 g/mol. The molecule has 4 nitrogen and oxygen atoms in total. The van der Waals surface area contributed by atoms with Crippen LogP contribution in [-0.2, 0) is 23.2 Å². The Hall–Kier alpha value is -1.21. The van der Waals surface area contributed by atoms with Crippen molar-refractivity contribution in [1.82, 2.24) is 4.72 Å². The van der Waals surface area contributed by atoms with Gasteiger partial charge in [0.2, 0.25) is 10.0 Å². The third-order valence-corrected chi connectivity index (χ3v) is 5.18. The number of rotatable bonds is 5. The second-order valence-corrected chi connectivity index (χ2v) is 6.82. The molecule has 0 amide bonds. The van der Waals surface area contributed by atoms with Gasteiger partial charge in [0.1, 0.15) is 0 Å². The Morgan fingerprint density at radius 1 is 1.05 bits per heavy atom. The van der Waals surface area contributed by atoms with Gasteiger partial charge in [0.05, 0.1) is 11.5 Å². The molecule has 0 bridgehead atoms. The molecule has 2 N–H and O–H groups in total. The predicted molar refractivity (Wildman–Crippen MR) is 80.5 cm³/mol. The average molecular weight is 356 g/mol. The van der Waals surface area contributed by atoms with Crippen LogP contribution in [0.3, 0.4) is 0 Å². The van der Waals surface area contributed by atoms with Crippen LogP contribution in [0, 0.1) is 0 Å². The molecule has 0 heterocycles. The molecule has 0 aromatic heterocycles. The zero-order valence-corrected chi connectivity index (χ0v) is 13.0. The maximum absolute atomic E-state index is 12.2. The van der Waals surface area contributed by atoms with Crippen LogP contribution < -0.4 is 4.72 Å². The summed E-state index contributed by atoms with van der Waals surface area (Å²) in [5, 5.41) is 9.06. The molecule has 0 atom stereocenters. The van der Waals surface area contributed by atoms with Gasteiger partial charge in [-0.1, -0.05) is 36.4 Å². The number of aliphatic hydroxyl groups is 1. The van der Waals surface area contributed by atoms with Gasteiger partial charge in [-0.15, -0.1) is 0 Å². The summed E-state index contributed by atoms with van der Waals surface area (Å²) < 4.78 is 27.4. The Kier molecular flexibility index (Phi) is 4.93. The van der Waals surface area contributed by atoms with Gasteiger partial charge in [-0.3, -0.25) is 0 Å². The first-order valence-corrected chi connectivity index (χ1v) is 8.23. The van der Waals surface area contributed by atoms with Crippen LogP contribution in [0.25, 0.3) is 0 Å². The van der Waals surface area contributed by atoms with Gasteiger partial charge in [0.25, 0.3) is 0 Å². The lowest BCUT2D eigenvalue weighted by Gasteiger charge is -2.09. The summed E-state index contributed by atoms with van der Waals surface area (Å²) in [7, 11) is -3.57. The molecule has 2 rings (SSSR count). The van der Waals surface area contributed by atoms with Crippen LogP contribution in [0.15, 0.2) is 57.9 Å². The van der Waals surface area contributed by atoms with Crippen LogP contribution in [0.2, 0.25) is 0 Å². The Labute approximate surface area is 126 Å². The van der Waals surface area contributed by atoms with Crippen molar-refractivity contribution in [3.05, 3.63) is 64.1 Å². The van der Waals surface area contributed by atoms with Gasteiger partial charge in [0.15, 0.2) is 0 Å². The molecule has 106 valence electrons. The van der Waals surface area contributed by atoms with Crippen LogP contribution >= 0.6 is 15.9 Å². The van der Waals surface area contributed by atoms with Gasteiger partial charge < -0.3 is 5.11 Å². The number of benzene rings is 2. The van der Waals surface area contributed by atoms with Gasteiger partial charge in [-0.25, -0.2) is 13.1 Å². The second-order valence-electron chi connectivity index (χ2n) is 4.23. The van der Waals surface area contributed by atoms with Gasteiger partial charge >= 0.3 is 0 Å². The fraction of sp³-hybridized carbons (Fsp3) is 0.143. The number of hydrogen-bond acceptors (Lipinski definition) is 3. The molecule has 20 heavy (non-hydrogen) atoms. The van der Waals surface area contributed by atoms with E-state index in [1.807, 2.05) is 6.07 Å². The lowest BCUT2D eigenvalue weighted by molar-refractivity contribution is 0.281. The van der Waals surface area contributed by atoms with Gasteiger partial charge in [-0.2, -0.15) is 0 Å². The first-order chi connectivity index (χ1) is 9.53. The Balaban J connectivity index is 2.15. The van der Waals surface area contributed by atoms with E-state index < -0.39 is 10.0 Å². The van der Waals surface area contributed by atoms with Crippen molar-refractivity contribution in [2.45, 2.75) is 18.0 Å². The molecule has 0 spiro atoms. The first kappa shape index (κ1) is 15.2. The van der Waals surface area contributed by atoms with E-state index >= 15 is 0 Å². The summed E-state index contributed by atoms with van der Waals surface area (Å²) in [6.45, 7) is 0.113. The molecule has 0 radical (unpaired) electrons. The van der Waals surface area contributed by atoms with E-state index in [0.717, 1.165) is 11.1 Å². The summed E-state index contributed by atoms with van der Waals surface area (Å²) in [6, 6.07) is 13.8. The molecule has 0 saturated carbocycles. The van der Waals surface area contributed by atoms with Crippen molar-refractivity contribution in [2.75, 3.05) is 0 Å². The molecule has 0 fully saturated rings. The maximum atomic E-state index is 12.2. The Morgan fingerprint density at radius 2 is 1.75 bits per heavy atom. The normalized spacial score (nSPS) is 11.5. The summed E-state index contributed by atoms with van der Waals surface area (Å²) in [4.78, 5) is 0.207. The predicted octanol–water partition coefficient (Wildman–Crippen LogP) is 2.42. The molecule has 0 unspecified atom stereocenters. The Morgan fingerprint density at radius 3 is 2.45 bits per heavy atom. The number of sulfonamides is 1. The molecule has 2 aromatic carbocycles. The quantitative estimate of drug-likeness (QED) is 0.865. The number of halogens is 1. The SMILES string of the molecule is O=S(=O)(NCc1cccc(CO)c1)c1ccccc1Br. The highest BCUT2D eigenvalue weighted by Crippen LogP contribution is 2.21. The third kappa shape index (κ3) is 3.67. The highest BCUT2D eigenvalue weighted by molar-refractivity contribution is 9.10. The fourth-order valence-corrected chi connectivity index (χ4v) is 3.78. The first-order valence-electron chi connectivity index (χ1n) is 5.96. The highest BCUT2D eigenvalue weighted by Gasteiger charge is 2.16. The van der Waals surface area contributed by atoms with E-state index in [1.54, 1.807) is 36.4 Å². The second kappa shape index (κ2) is 6.49. The average Bonchev–Trinajstić information content (AvgIpc) is 2.46. The van der Waals surface area contributed by atoms with E-state index in [2.05, 4.69) is 20.7 Å². The van der Waals surface area contributed by atoms with Crippen molar-refractivity contribution in [3.63, 3.8) is 0 Å². The zero-order chi connectivity index (χ0) is 14.6. The largest absolute Gasteiger partial charge is 0.392 e. The van der Waals surface area contributed by atoms with E-state index in [1.165, 1.54) is 6.07 Å². The van der Waals surface area contributed by atoms with Crippen molar-refractivity contribution < 1.29 is 13.5 Å². The monoisotopic (exact) mass is 355 g/mol. The van der Waals surface area contributed by atoms with Crippen molar-refractivity contribution in [3.8, 4) is 0 Å². The van der Waals surface area contributed by atoms with Gasteiger partial charge in [-0.05, 0) is 39.2 Å². The minimum Gasteiger partial charge on any atom is -0.392 e. The van der Waals surface area contributed by atoms with E-state index in [9.17, 15) is 8.42 Å². The molecule has 6 heteroatoms. The zero-order valence-electron chi connectivity index (χ0n) is 10.6. The third-order valence-electron chi connectivity index (χ3n) is 2.77. The topological polar surface area (TPSA) is 66.4 Å². The molecule has 0 aliphatic carbocycles. The van der Waals surface area contributed by atoms with Gasteiger partial charge in [0, 0.05) is 11.0 Å². The minimum absolute atomic E-state index is 0.0647. The lowest BCUT2D eigenvalue weighted by Crippen LogP contribution is -2.23. The molecule has 0 saturated heterocycles. The van der Waals surface area contributed by atoms with Crippen LogP contribution in [-0.4, -0.2) is 13.5 Å². The summed E-state index contributed by atoms with van der Waals surface area (Å²) >= 11 is 3.23. The number of hydrogen-bond donors (Lipinski definition) is 2. The number of aliphatic hydroxyl groups excluding tert-OH is 1. The smallest absolute Gasteiger partial charge is 0.241 e. The van der Waals surface area contributed by atoms with E-state index in [0.29, 0.717) is 4.47 Å². The number of nitrogens with one attached hydrogen (secondary N) is 1. The summed E-state index contributed by atoms with van der Waals surface area (Å²) in [5.74, 6) is 0. The molecule has 2 aromatic rings. The Bertz CT molecular complexity index is 701. The van der Waals surface area contributed by atoms with E-state index in [-0.39, 0.29) is 18.0 Å². The highest BCUT2D eigenvalue weighted by atomic mass is 79.9.